The van der Waals surface area contributed by atoms with Gasteiger partial charge in [-0.2, -0.15) is 0 Å². The second-order valence-corrected chi connectivity index (χ2v) is 14.3. The monoisotopic (exact) mass is 579 g/mol. The Hall–Kier alpha value is -2.93. The first kappa shape index (κ1) is 30.5. The van der Waals surface area contributed by atoms with Crippen molar-refractivity contribution in [2.75, 3.05) is 6.61 Å². The van der Waals surface area contributed by atoms with Crippen molar-refractivity contribution in [1.82, 2.24) is 4.90 Å². The number of ether oxygens (including phenoxy) is 2. The maximum Gasteiger partial charge on any atom is 0.337 e. The molecule has 0 radical (unpaired) electrons. The third-order valence-electron chi connectivity index (χ3n) is 9.58. The highest BCUT2D eigenvalue weighted by Crippen LogP contribution is 2.47. The number of aliphatic carboxylic acids is 1. The maximum atomic E-state index is 15.6. The van der Waals surface area contributed by atoms with Crippen molar-refractivity contribution in [3.63, 3.8) is 0 Å². The number of carbonyl (C=O) groups excluding carboxylic acids is 1. The van der Waals surface area contributed by atoms with Gasteiger partial charge in [-0.05, 0) is 124 Å². The van der Waals surface area contributed by atoms with Gasteiger partial charge in [0.05, 0.1) is 18.6 Å². The van der Waals surface area contributed by atoms with Crippen LogP contribution in [0.5, 0.6) is 5.75 Å². The lowest BCUT2D eigenvalue weighted by Crippen LogP contribution is -2.47. The van der Waals surface area contributed by atoms with Gasteiger partial charge in [-0.25, -0.2) is 9.18 Å². The van der Waals surface area contributed by atoms with Crippen LogP contribution in [-0.4, -0.2) is 40.1 Å². The predicted molar refractivity (Wildman–Crippen MR) is 161 cm³/mol. The molecule has 228 valence electrons. The standard InChI is InChI=1S/C35H46FNO5/c1-19-23-12-10-14-41-31(23)27(36)15-25(19)29-21(3)26-18-37(22-11-9-13-35(7,8)17-22)28(38)16-24(26)20(2)30(29)32(33(39)40)42-34(4,5)6/h15,22,32H,9-14,16-18H2,1-8H3,(H,39,40). The number of hydrogen-bond donors (Lipinski definition) is 1. The molecular weight excluding hydrogens is 533 g/mol. The molecule has 2 aromatic rings. The van der Waals surface area contributed by atoms with Crippen molar-refractivity contribution >= 4 is 11.9 Å². The van der Waals surface area contributed by atoms with Crippen molar-refractivity contribution in [2.24, 2.45) is 5.41 Å². The molecule has 2 aliphatic heterocycles. The van der Waals surface area contributed by atoms with E-state index in [0.717, 1.165) is 65.5 Å². The summed E-state index contributed by atoms with van der Waals surface area (Å²) < 4.78 is 27.6. The van der Waals surface area contributed by atoms with Gasteiger partial charge in [0.15, 0.2) is 17.7 Å². The smallest absolute Gasteiger partial charge is 0.337 e. The zero-order valence-corrected chi connectivity index (χ0v) is 26.5. The van der Waals surface area contributed by atoms with E-state index in [9.17, 15) is 14.7 Å². The van der Waals surface area contributed by atoms with Crippen molar-refractivity contribution in [1.29, 1.82) is 0 Å². The normalized spacial score (nSPS) is 20.9. The lowest BCUT2D eigenvalue weighted by molar-refractivity contribution is -0.160. The van der Waals surface area contributed by atoms with Crippen LogP contribution in [0.25, 0.3) is 11.1 Å². The number of hydrogen-bond acceptors (Lipinski definition) is 4. The molecule has 1 fully saturated rings. The van der Waals surface area contributed by atoms with Crippen molar-refractivity contribution in [2.45, 2.75) is 125 Å². The Bertz CT molecular complexity index is 1440. The molecule has 2 aromatic carbocycles. The molecule has 0 bridgehead atoms. The van der Waals surface area contributed by atoms with Crippen LogP contribution in [0.15, 0.2) is 6.07 Å². The molecule has 42 heavy (non-hydrogen) atoms. The zero-order valence-electron chi connectivity index (χ0n) is 26.5. The first-order valence-electron chi connectivity index (χ1n) is 15.4. The molecule has 0 aromatic heterocycles. The van der Waals surface area contributed by atoms with E-state index in [1.807, 2.05) is 46.4 Å². The molecule has 1 saturated carbocycles. The molecule has 7 heteroatoms. The molecule has 0 saturated heterocycles. The molecule has 1 amide bonds. The van der Waals surface area contributed by atoms with Crippen LogP contribution in [0.4, 0.5) is 4.39 Å². The van der Waals surface area contributed by atoms with E-state index in [0.29, 0.717) is 42.0 Å². The molecule has 6 nitrogen and oxygen atoms in total. The fraction of sp³-hybridized carbons (Fsp3) is 0.600. The summed E-state index contributed by atoms with van der Waals surface area (Å²) in [4.78, 5) is 28.6. The van der Waals surface area contributed by atoms with Gasteiger partial charge in [-0.15, -0.1) is 0 Å². The third-order valence-corrected chi connectivity index (χ3v) is 9.58. The van der Waals surface area contributed by atoms with E-state index in [-0.39, 0.29) is 23.8 Å². The average Bonchev–Trinajstić information content (AvgIpc) is 2.90. The quantitative estimate of drug-likeness (QED) is 0.396. The maximum absolute atomic E-state index is 15.6. The number of amides is 1. The topological polar surface area (TPSA) is 76.1 Å². The van der Waals surface area contributed by atoms with Crippen molar-refractivity contribution in [3.05, 3.63) is 50.8 Å². The molecule has 3 aliphatic rings. The largest absolute Gasteiger partial charge is 0.490 e. The number of carbonyl (C=O) groups is 2. The van der Waals surface area contributed by atoms with E-state index in [4.69, 9.17) is 9.47 Å². The molecule has 1 aliphatic carbocycles. The Morgan fingerprint density at radius 1 is 1.12 bits per heavy atom. The first-order chi connectivity index (χ1) is 19.6. The zero-order chi connectivity index (χ0) is 30.7. The van der Waals surface area contributed by atoms with Gasteiger partial charge < -0.3 is 19.5 Å². The summed E-state index contributed by atoms with van der Waals surface area (Å²) in [7, 11) is 0. The van der Waals surface area contributed by atoms with Crippen LogP contribution in [0, 0.1) is 32.0 Å². The molecule has 0 spiro atoms. The number of carboxylic acids is 1. The third kappa shape index (κ3) is 5.57. The van der Waals surface area contributed by atoms with Gasteiger partial charge in [0.2, 0.25) is 5.91 Å². The van der Waals surface area contributed by atoms with E-state index >= 15 is 4.39 Å². The molecule has 1 N–H and O–H groups in total. The molecule has 5 rings (SSSR count). The Balaban J connectivity index is 1.75. The fourth-order valence-electron chi connectivity index (χ4n) is 7.56. The van der Waals surface area contributed by atoms with Crippen LogP contribution >= 0.6 is 0 Å². The Morgan fingerprint density at radius 3 is 2.48 bits per heavy atom. The summed E-state index contributed by atoms with van der Waals surface area (Å²) in [6, 6.07) is 1.68. The lowest BCUT2D eigenvalue weighted by Gasteiger charge is -2.44. The number of carboxylic acid groups (broad SMARTS) is 1. The van der Waals surface area contributed by atoms with Crippen LogP contribution in [0.3, 0.4) is 0 Å². The Kier molecular flexibility index (Phi) is 7.97. The van der Waals surface area contributed by atoms with E-state index in [2.05, 4.69) is 13.8 Å². The highest BCUT2D eigenvalue weighted by Gasteiger charge is 2.40. The molecule has 2 atom stereocenters. The average molecular weight is 580 g/mol. The highest BCUT2D eigenvalue weighted by atomic mass is 19.1. The van der Waals surface area contributed by atoms with Gasteiger partial charge in [-0.1, -0.05) is 20.3 Å². The molecule has 2 unspecified atom stereocenters. The molecule has 2 heterocycles. The Morgan fingerprint density at radius 2 is 1.83 bits per heavy atom. The fourth-order valence-corrected chi connectivity index (χ4v) is 7.56. The number of rotatable bonds is 5. The lowest BCUT2D eigenvalue weighted by atomic mass is 9.73. The summed E-state index contributed by atoms with van der Waals surface area (Å²) in [5, 5.41) is 10.5. The summed E-state index contributed by atoms with van der Waals surface area (Å²) in [5.74, 6) is -1.16. The minimum absolute atomic E-state index is 0.0863. The molecular formula is C35H46FNO5. The van der Waals surface area contributed by atoms with Crippen LogP contribution in [0.1, 0.15) is 112 Å². The predicted octanol–water partition coefficient (Wildman–Crippen LogP) is 7.54. The van der Waals surface area contributed by atoms with Crippen molar-refractivity contribution in [3.8, 4) is 16.9 Å². The minimum Gasteiger partial charge on any atom is -0.490 e. The summed E-state index contributed by atoms with van der Waals surface area (Å²) in [5.41, 5.74) is 6.60. The van der Waals surface area contributed by atoms with E-state index < -0.39 is 23.5 Å². The Labute approximate surface area is 249 Å². The summed E-state index contributed by atoms with van der Waals surface area (Å²) in [6.07, 6.45) is 4.64. The van der Waals surface area contributed by atoms with Gasteiger partial charge in [0.25, 0.3) is 0 Å². The summed E-state index contributed by atoms with van der Waals surface area (Å²) >= 11 is 0. The van der Waals surface area contributed by atoms with Gasteiger partial charge >= 0.3 is 5.97 Å². The minimum atomic E-state index is -1.29. The second-order valence-electron chi connectivity index (χ2n) is 14.3. The SMILES string of the molecule is Cc1c(-c2c(C)c3c(c(C)c2C(OC(C)(C)C)C(=O)O)CC(=O)N(C2CCCC(C)(C)C2)C3)cc(F)c2c1CCCO2. The van der Waals surface area contributed by atoms with Crippen molar-refractivity contribution < 1.29 is 28.6 Å². The number of benzene rings is 2. The number of fused-ring (bicyclic) bond motifs is 2. The van der Waals surface area contributed by atoms with Crippen LogP contribution in [-0.2, 0) is 33.7 Å². The number of nitrogens with zero attached hydrogens (tertiary/aromatic N) is 1. The van der Waals surface area contributed by atoms with Crippen LogP contribution < -0.4 is 4.74 Å². The van der Waals surface area contributed by atoms with E-state index in [1.54, 1.807) is 0 Å². The van der Waals surface area contributed by atoms with E-state index in [1.165, 1.54) is 6.07 Å². The van der Waals surface area contributed by atoms with Gasteiger partial charge in [-0.3, -0.25) is 4.79 Å². The second kappa shape index (κ2) is 11.0. The first-order valence-corrected chi connectivity index (χ1v) is 15.4. The van der Waals surface area contributed by atoms with Gasteiger partial charge in [0.1, 0.15) is 0 Å². The highest BCUT2D eigenvalue weighted by molar-refractivity contribution is 5.89. The summed E-state index contributed by atoms with van der Waals surface area (Å²) in [6.45, 7) is 16.9. The van der Waals surface area contributed by atoms with Gasteiger partial charge in [0, 0.05) is 23.7 Å². The van der Waals surface area contributed by atoms with Crippen LogP contribution in [0.2, 0.25) is 0 Å². The number of halogens is 1.